The van der Waals surface area contributed by atoms with Crippen LogP contribution in [0.2, 0.25) is 0 Å². The van der Waals surface area contributed by atoms with Crippen molar-refractivity contribution < 1.29 is 9.72 Å². The van der Waals surface area contributed by atoms with E-state index in [2.05, 4.69) is 15.3 Å². The molecule has 116 valence electrons. The Balaban J connectivity index is 1.79. The first kappa shape index (κ1) is 14.7. The Kier molecular flexibility index (Phi) is 3.76. The topological polar surface area (TPSA) is 101 Å². The molecule has 0 aliphatic carbocycles. The Morgan fingerprint density at radius 3 is 2.78 bits per heavy atom. The van der Waals surface area contributed by atoms with Gasteiger partial charge in [-0.15, -0.1) is 0 Å². The Labute approximate surface area is 131 Å². The quantitative estimate of drug-likeness (QED) is 0.571. The molecule has 0 bridgehead atoms. The van der Waals surface area contributed by atoms with Crippen molar-refractivity contribution in [3.63, 3.8) is 0 Å². The first-order valence-electron chi connectivity index (χ1n) is 7.04. The highest BCUT2D eigenvalue weighted by Crippen LogP contribution is 2.17. The maximum atomic E-state index is 12.2. The van der Waals surface area contributed by atoms with Gasteiger partial charge in [0.05, 0.1) is 22.0 Å². The number of carbonyl (C=O) groups is 1. The van der Waals surface area contributed by atoms with Crippen LogP contribution in [0, 0.1) is 10.1 Å². The number of aromatic nitrogens is 2. The van der Waals surface area contributed by atoms with Crippen LogP contribution in [-0.2, 0) is 0 Å². The van der Waals surface area contributed by atoms with Crippen molar-refractivity contribution in [3.05, 3.63) is 70.0 Å². The van der Waals surface area contributed by atoms with Gasteiger partial charge in [-0.1, -0.05) is 18.2 Å². The number of fused-ring (bicyclic) bond motifs is 1. The Morgan fingerprint density at radius 2 is 2.04 bits per heavy atom. The maximum Gasteiger partial charge on any atom is 0.270 e. The van der Waals surface area contributed by atoms with E-state index in [1.165, 1.54) is 24.3 Å². The van der Waals surface area contributed by atoms with Gasteiger partial charge in [-0.3, -0.25) is 14.9 Å². The van der Waals surface area contributed by atoms with Crippen LogP contribution in [0.15, 0.2) is 48.5 Å². The molecule has 1 unspecified atom stereocenters. The lowest BCUT2D eigenvalue weighted by Crippen LogP contribution is -2.27. The van der Waals surface area contributed by atoms with E-state index in [9.17, 15) is 14.9 Å². The fraction of sp³-hybridized carbons (Fsp3) is 0.125. The first-order chi connectivity index (χ1) is 11.0. The van der Waals surface area contributed by atoms with Crippen LogP contribution in [0.25, 0.3) is 11.0 Å². The molecular formula is C16H14N4O3. The standard InChI is InChI=1S/C16H14N4O3/c1-10(15-18-13-7-2-3-8-14(13)19-15)17-16(21)11-5-4-6-12(9-11)20(22)23/h2-10H,1H3,(H,17,21)(H,18,19). The molecule has 3 rings (SSSR count). The second-order valence-electron chi connectivity index (χ2n) is 5.14. The van der Waals surface area contributed by atoms with E-state index in [1.807, 2.05) is 24.3 Å². The number of carbonyl (C=O) groups excluding carboxylic acids is 1. The molecule has 0 aliphatic rings. The summed E-state index contributed by atoms with van der Waals surface area (Å²) in [5.74, 6) is 0.242. The molecule has 2 N–H and O–H groups in total. The smallest absolute Gasteiger partial charge is 0.270 e. The number of nitro groups is 1. The van der Waals surface area contributed by atoms with Gasteiger partial charge in [0.15, 0.2) is 0 Å². The Morgan fingerprint density at radius 1 is 1.26 bits per heavy atom. The number of nitro benzene ring substituents is 1. The number of non-ortho nitro benzene ring substituents is 1. The number of nitrogens with zero attached hydrogens (tertiary/aromatic N) is 2. The van der Waals surface area contributed by atoms with E-state index >= 15 is 0 Å². The zero-order valence-corrected chi connectivity index (χ0v) is 12.3. The summed E-state index contributed by atoms with van der Waals surface area (Å²) in [4.78, 5) is 30.1. The minimum absolute atomic E-state index is 0.117. The summed E-state index contributed by atoms with van der Waals surface area (Å²) >= 11 is 0. The van der Waals surface area contributed by atoms with Gasteiger partial charge < -0.3 is 10.3 Å². The summed E-state index contributed by atoms with van der Waals surface area (Å²) in [6, 6.07) is 12.8. The lowest BCUT2D eigenvalue weighted by atomic mass is 10.2. The highest BCUT2D eigenvalue weighted by molar-refractivity contribution is 5.95. The normalized spacial score (nSPS) is 12.0. The van der Waals surface area contributed by atoms with E-state index in [0.717, 1.165) is 11.0 Å². The summed E-state index contributed by atoms with van der Waals surface area (Å²) in [5, 5.41) is 13.6. The molecule has 0 saturated carbocycles. The van der Waals surface area contributed by atoms with E-state index < -0.39 is 4.92 Å². The highest BCUT2D eigenvalue weighted by atomic mass is 16.6. The first-order valence-corrected chi connectivity index (χ1v) is 7.04. The molecule has 1 atom stereocenters. The van der Waals surface area contributed by atoms with E-state index in [4.69, 9.17) is 0 Å². The molecule has 0 radical (unpaired) electrons. The second-order valence-corrected chi connectivity index (χ2v) is 5.14. The zero-order valence-electron chi connectivity index (χ0n) is 12.3. The minimum atomic E-state index is -0.528. The van der Waals surface area contributed by atoms with E-state index in [-0.39, 0.29) is 23.2 Å². The summed E-state index contributed by atoms with van der Waals surface area (Å²) in [6.07, 6.45) is 0. The van der Waals surface area contributed by atoms with Crippen LogP contribution in [0.3, 0.4) is 0 Å². The number of aromatic amines is 1. The molecule has 1 heterocycles. The average Bonchev–Trinajstić information content (AvgIpc) is 2.99. The monoisotopic (exact) mass is 310 g/mol. The van der Waals surface area contributed by atoms with Crippen molar-refractivity contribution in [1.82, 2.24) is 15.3 Å². The average molecular weight is 310 g/mol. The van der Waals surface area contributed by atoms with Crippen molar-refractivity contribution in [1.29, 1.82) is 0 Å². The third-order valence-electron chi connectivity index (χ3n) is 3.48. The summed E-state index contributed by atoms with van der Waals surface area (Å²) in [6.45, 7) is 1.80. The fourth-order valence-corrected chi connectivity index (χ4v) is 2.29. The highest BCUT2D eigenvalue weighted by Gasteiger charge is 2.16. The van der Waals surface area contributed by atoms with Gasteiger partial charge in [-0.2, -0.15) is 0 Å². The molecule has 23 heavy (non-hydrogen) atoms. The molecule has 7 nitrogen and oxygen atoms in total. The predicted octanol–water partition coefficient (Wildman–Crippen LogP) is 2.96. The van der Waals surface area contributed by atoms with Crippen molar-refractivity contribution in [2.24, 2.45) is 0 Å². The van der Waals surface area contributed by atoms with Crippen LogP contribution in [-0.4, -0.2) is 20.8 Å². The number of hydrogen-bond acceptors (Lipinski definition) is 4. The van der Waals surface area contributed by atoms with Crippen LogP contribution >= 0.6 is 0 Å². The van der Waals surface area contributed by atoms with Gasteiger partial charge in [0.2, 0.25) is 0 Å². The van der Waals surface area contributed by atoms with Crippen molar-refractivity contribution in [2.45, 2.75) is 13.0 Å². The van der Waals surface area contributed by atoms with Crippen LogP contribution < -0.4 is 5.32 Å². The van der Waals surface area contributed by atoms with Gasteiger partial charge in [0.1, 0.15) is 5.82 Å². The molecular weight excluding hydrogens is 296 g/mol. The number of benzene rings is 2. The second kappa shape index (κ2) is 5.88. The van der Waals surface area contributed by atoms with E-state index in [1.54, 1.807) is 6.92 Å². The molecule has 0 spiro atoms. The van der Waals surface area contributed by atoms with Crippen molar-refractivity contribution >= 4 is 22.6 Å². The number of nitrogens with one attached hydrogen (secondary N) is 2. The fourth-order valence-electron chi connectivity index (χ4n) is 2.29. The molecule has 2 aromatic carbocycles. The summed E-state index contributed by atoms with van der Waals surface area (Å²) < 4.78 is 0. The van der Waals surface area contributed by atoms with Gasteiger partial charge in [-0.25, -0.2) is 4.98 Å². The van der Waals surface area contributed by atoms with Crippen LogP contribution in [0.5, 0.6) is 0 Å². The van der Waals surface area contributed by atoms with Crippen LogP contribution in [0.1, 0.15) is 29.1 Å². The number of imidazole rings is 1. The molecule has 7 heteroatoms. The van der Waals surface area contributed by atoms with Gasteiger partial charge in [0, 0.05) is 17.7 Å². The zero-order chi connectivity index (χ0) is 16.4. The van der Waals surface area contributed by atoms with Gasteiger partial charge in [-0.05, 0) is 25.1 Å². The summed E-state index contributed by atoms with van der Waals surface area (Å²) in [7, 11) is 0. The van der Waals surface area contributed by atoms with Gasteiger partial charge >= 0.3 is 0 Å². The number of amides is 1. The van der Waals surface area contributed by atoms with Gasteiger partial charge in [0.25, 0.3) is 11.6 Å². The Bertz CT molecular complexity index is 855. The minimum Gasteiger partial charge on any atom is -0.342 e. The largest absolute Gasteiger partial charge is 0.342 e. The Hall–Kier alpha value is -3.22. The molecule has 1 amide bonds. The SMILES string of the molecule is CC(NC(=O)c1cccc([N+](=O)[O-])c1)c1nc2ccccc2[nH]1. The lowest BCUT2D eigenvalue weighted by Gasteiger charge is -2.11. The van der Waals surface area contributed by atoms with Crippen molar-refractivity contribution in [2.75, 3.05) is 0 Å². The number of rotatable bonds is 4. The third-order valence-corrected chi connectivity index (χ3v) is 3.48. The molecule has 1 aromatic heterocycles. The number of para-hydroxylation sites is 2. The van der Waals surface area contributed by atoms with Crippen molar-refractivity contribution in [3.8, 4) is 0 Å². The third kappa shape index (κ3) is 3.03. The predicted molar refractivity (Wildman–Crippen MR) is 85.1 cm³/mol. The number of H-pyrrole nitrogens is 1. The molecule has 3 aromatic rings. The lowest BCUT2D eigenvalue weighted by molar-refractivity contribution is -0.384. The van der Waals surface area contributed by atoms with E-state index in [0.29, 0.717) is 5.82 Å². The summed E-state index contributed by atoms with van der Waals surface area (Å²) in [5.41, 5.74) is 1.83. The maximum absolute atomic E-state index is 12.2. The molecule has 0 saturated heterocycles. The van der Waals surface area contributed by atoms with Crippen LogP contribution in [0.4, 0.5) is 5.69 Å². The molecule has 0 aliphatic heterocycles. The number of hydrogen-bond donors (Lipinski definition) is 2. The molecule has 0 fully saturated rings.